The molecule has 5 heteroatoms. The Morgan fingerprint density at radius 1 is 1.33 bits per heavy atom. The molecule has 2 N–H and O–H groups in total. The van der Waals surface area contributed by atoms with E-state index in [0.29, 0.717) is 17.9 Å². The molecule has 0 aliphatic carbocycles. The summed E-state index contributed by atoms with van der Waals surface area (Å²) in [6.45, 7) is 10.1. The third-order valence-electron chi connectivity index (χ3n) is 2.60. The highest BCUT2D eigenvalue weighted by atomic mass is 19.1. The quantitative estimate of drug-likeness (QED) is 0.848. The van der Waals surface area contributed by atoms with Crippen LogP contribution in [0.3, 0.4) is 0 Å². The number of carbonyl (C=O) groups is 1. The van der Waals surface area contributed by atoms with Crippen LogP contribution in [0.4, 0.5) is 4.39 Å². The predicted octanol–water partition coefficient (Wildman–Crippen LogP) is 2.62. The maximum Gasteiger partial charge on any atom is 0.258 e. The van der Waals surface area contributed by atoms with Crippen LogP contribution in [-0.4, -0.2) is 24.1 Å². The predicted molar refractivity (Wildman–Crippen MR) is 81.8 cm³/mol. The number of carbonyl (C=O) groups excluding carboxylic acids is 1. The molecule has 1 aromatic rings. The van der Waals surface area contributed by atoms with E-state index >= 15 is 0 Å². The summed E-state index contributed by atoms with van der Waals surface area (Å²) in [6, 6.07) is 4.59. The van der Waals surface area contributed by atoms with E-state index < -0.39 is 0 Å². The van der Waals surface area contributed by atoms with Gasteiger partial charge in [-0.2, -0.15) is 0 Å². The van der Waals surface area contributed by atoms with Gasteiger partial charge >= 0.3 is 0 Å². The highest BCUT2D eigenvalue weighted by Gasteiger charge is 2.15. The standard InChI is InChI=1S/C16H25FN2O2/c1-11(2)18-9-12-8-13(17)6-7-14(12)21-10-15(20)19-16(3,4)5/h6-8,11,18H,9-10H2,1-5H3,(H,19,20). The molecular weight excluding hydrogens is 271 g/mol. The van der Waals surface area contributed by atoms with Crippen LogP contribution in [0, 0.1) is 5.82 Å². The minimum atomic E-state index is -0.318. The summed E-state index contributed by atoms with van der Waals surface area (Å²) < 4.78 is 18.8. The molecule has 118 valence electrons. The number of benzene rings is 1. The Kier molecular flexibility index (Phi) is 6.15. The van der Waals surface area contributed by atoms with Crippen LogP contribution in [-0.2, 0) is 11.3 Å². The largest absolute Gasteiger partial charge is 0.483 e. The van der Waals surface area contributed by atoms with Crippen LogP contribution in [0.25, 0.3) is 0 Å². The second-order valence-corrected chi connectivity index (χ2v) is 6.37. The van der Waals surface area contributed by atoms with Crippen molar-refractivity contribution >= 4 is 5.91 Å². The minimum absolute atomic E-state index is 0.0857. The number of amides is 1. The molecule has 0 unspecified atom stereocenters. The third kappa shape index (κ3) is 7.09. The lowest BCUT2D eigenvalue weighted by Crippen LogP contribution is -2.43. The fourth-order valence-electron chi connectivity index (χ4n) is 1.74. The van der Waals surface area contributed by atoms with Gasteiger partial charge in [0.25, 0.3) is 5.91 Å². The van der Waals surface area contributed by atoms with Crippen LogP contribution in [0.15, 0.2) is 18.2 Å². The Morgan fingerprint density at radius 3 is 2.57 bits per heavy atom. The van der Waals surface area contributed by atoms with E-state index in [1.165, 1.54) is 12.1 Å². The summed E-state index contributed by atoms with van der Waals surface area (Å²) in [7, 11) is 0. The smallest absolute Gasteiger partial charge is 0.258 e. The van der Waals surface area contributed by atoms with Crippen LogP contribution in [0.5, 0.6) is 5.75 Å². The fraction of sp³-hybridized carbons (Fsp3) is 0.562. The SMILES string of the molecule is CC(C)NCc1cc(F)ccc1OCC(=O)NC(C)(C)C. The van der Waals surface area contributed by atoms with Crippen LogP contribution in [0.2, 0.25) is 0 Å². The van der Waals surface area contributed by atoms with Gasteiger partial charge < -0.3 is 15.4 Å². The van der Waals surface area contributed by atoms with Gasteiger partial charge in [-0.25, -0.2) is 4.39 Å². The molecular formula is C16H25FN2O2. The van der Waals surface area contributed by atoms with E-state index in [1.807, 2.05) is 34.6 Å². The zero-order valence-corrected chi connectivity index (χ0v) is 13.4. The lowest BCUT2D eigenvalue weighted by Gasteiger charge is -2.21. The lowest BCUT2D eigenvalue weighted by atomic mass is 10.1. The molecule has 0 aliphatic rings. The number of hydrogen-bond donors (Lipinski definition) is 2. The monoisotopic (exact) mass is 296 g/mol. The molecule has 0 bridgehead atoms. The molecule has 0 saturated carbocycles. The molecule has 4 nitrogen and oxygen atoms in total. The Bertz CT molecular complexity index is 482. The van der Waals surface area contributed by atoms with Crippen molar-refractivity contribution in [2.45, 2.75) is 52.7 Å². The van der Waals surface area contributed by atoms with Gasteiger partial charge in [0.1, 0.15) is 11.6 Å². The van der Waals surface area contributed by atoms with Crippen LogP contribution in [0.1, 0.15) is 40.2 Å². The minimum Gasteiger partial charge on any atom is -0.483 e. The van der Waals surface area contributed by atoms with E-state index in [2.05, 4.69) is 10.6 Å². The van der Waals surface area contributed by atoms with Crippen molar-refractivity contribution in [1.82, 2.24) is 10.6 Å². The maximum atomic E-state index is 13.3. The molecule has 0 heterocycles. The molecule has 0 aliphatic heterocycles. The third-order valence-corrected chi connectivity index (χ3v) is 2.60. The first kappa shape index (κ1) is 17.4. The van der Waals surface area contributed by atoms with Crippen molar-refractivity contribution < 1.29 is 13.9 Å². The van der Waals surface area contributed by atoms with Crippen LogP contribution >= 0.6 is 0 Å². The molecule has 1 amide bonds. The summed E-state index contributed by atoms with van der Waals surface area (Å²) in [6.07, 6.45) is 0. The summed E-state index contributed by atoms with van der Waals surface area (Å²) in [5.74, 6) is 0.00486. The van der Waals surface area contributed by atoms with E-state index in [-0.39, 0.29) is 29.9 Å². The normalized spacial score (nSPS) is 11.6. The van der Waals surface area contributed by atoms with E-state index in [9.17, 15) is 9.18 Å². The van der Waals surface area contributed by atoms with Crippen molar-refractivity contribution in [3.8, 4) is 5.75 Å². The zero-order valence-electron chi connectivity index (χ0n) is 13.4. The molecule has 0 aromatic heterocycles. The number of hydrogen-bond acceptors (Lipinski definition) is 3. The Balaban J connectivity index is 2.67. The molecule has 1 aromatic carbocycles. The van der Waals surface area contributed by atoms with Gasteiger partial charge in [-0.05, 0) is 39.0 Å². The average molecular weight is 296 g/mol. The van der Waals surface area contributed by atoms with Gasteiger partial charge in [0.05, 0.1) is 0 Å². The van der Waals surface area contributed by atoms with E-state index in [0.717, 1.165) is 0 Å². The fourth-order valence-corrected chi connectivity index (χ4v) is 1.74. The van der Waals surface area contributed by atoms with Crippen molar-refractivity contribution in [3.05, 3.63) is 29.6 Å². The average Bonchev–Trinajstić information content (AvgIpc) is 2.33. The summed E-state index contributed by atoms with van der Waals surface area (Å²) in [5.41, 5.74) is 0.401. The van der Waals surface area contributed by atoms with Crippen molar-refractivity contribution in [2.24, 2.45) is 0 Å². The molecule has 21 heavy (non-hydrogen) atoms. The first-order valence-electron chi connectivity index (χ1n) is 7.13. The van der Waals surface area contributed by atoms with Crippen molar-refractivity contribution in [3.63, 3.8) is 0 Å². The number of halogens is 1. The first-order valence-corrected chi connectivity index (χ1v) is 7.13. The van der Waals surface area contributed by atoms with E-state index in [4.69, 9.17) is 4.74 Å². The van der Waals surface area contributed by atoms with Crippen LogP contribution < -0.4 is 15.4 Å². The lowest BCUT2D eigenvalue weighted by molar-refractivity contribution is -0.124. The second kappa shape index (κ2) is 7.41. The topological polar surface area (TPSA) is 50.4 Å². The first-order chi connectivity index (χ1) is 9.67. The van der Waals surface area contributed by atoms with Crippen molar-refractivity contribution in [2.75, 3.05) is 6.61 Å². The van der Waals surface area contributed by atoms with Gasteiger partial charge in [-0.15, -0.1) is 0 Å². The molecule has 0 saturated heterocycles. The van der Waals surface area contributed by atoms with Gasteiger partial charge in [-0.1, -0.05) is 13.8 Å². The van der Waals surface area contributed by atoms with E-state index in [1.54, 1.807) is 6.07 Å². The summed E-state index contributed by atoms with van der Waals surface area (Å²) >= 11 is 0. The highest BCUT2D eigenvalue weighted by molar-refractivity contribution is 5.78. The number of ether oxygens (including phenoxy) is 1. The Morgan fingerprint density at radius 2 is 2.00 bits per heavy atom. The van der Waals surface area contributed by atoms with Gasteiger partial charge in [0.15, 0.2) is 6.61 Å². The Labute approximate surface area is 126 Å². The molecule has 0 spiro atoms. The maximum absolute atomic E-state index is 13.3. The second-order valence-electron chi connectivity index (χ2n) is 6.37. The molecule has 0 atom stereocenters. The molecule has 0 radical (unpaired) electrons. The van der Waals surface area contributed by atoms with Crippen molar-refractivity contribution in [1.29, 1.82) is 0 Å². The van der Waals surface area contributed by atoms with Gasteiger partial charge in [0.2, 0.25) is 0 Å². The molecule has 1 rings (SSSR count). The summed E-state index contributed by atoms with van der Waals surface area (Å²) in [5, 5.41) is 6.02. The number of nitrogens with one attached hydrogen (secondary N) is 2. The summed E-state index contributed by atoms with van der Waals surface area (Å²) in [4.78, 5) is 11.8. The van der Waals surface area contributed by atoms with Gasteiger partial charge in [0, 0.05) is 23.7 Å². The highest BCUT2D eigenvalue weighted by Crippen LogP contribution is 2.20. The zero-order chi connectivity index (χ0) is 16.0. The Hall–Kier alpha value is -1.62. The molecule has 0 fully saturated rings. The van der Waals surface area contributed by atoms with Gasteiger partial charge in [-0.3, -0.25) is 4.79 Å². The number of rotatable bonds is 6.